The molecule has 0 saturated heterocycles. The lowest BCUT2D eigenvalue weighted by molar-refractivity contribution is -0.0544. The van der Waals surface area contributed by atoms with Crippen molar-refractivity contribution in [3.63, 3.8) is 0 Å². The van der Waals surface area contributed by atoms with Gasteiger partial charge in [-0.3, -0.25) is 5.32 Å². The van der Waals surface area contributed by atoms with E-state index in [2.05, 4.69) is 25.2 Å². The Bertz CT molecular complexity index is 1070. The Kier molecular flexibility index (Phi) is 3.16. The summed E-state index contributed by atoms with van der Waals surface area (Å²) in [5.41, 5.74) is 4.62. The lowest BCUT2D eigenvalue weighted by Gasteiger charge is -2.05. The van der Waals surface area contributed by atoms with Crippen molar-refractivity contribution < 1.29 is 14.3 Å². The molecule has 0 aliphatic heterocycles. The molecule has 0 spiro atoms. The molecule has 0 aliphatic carbocycles. The monoisotopic (exact) mass is 325 g/mol. The number of carbonyl (C=O) groups excluding carboxylic acids is 1. The molecule has 1 aromatic carbocycles. The highest BCUT2D eigenvalue weighted by Crippen LogP contribution is 2.31. The number of aryl methyl sites for hydroxylation is 1. The van der Waals surface area contributed by atoms with Crippen molar-refractivity contribution in [2.75, 3.05) is 5.32 Å². The van der Waals surface area contributed by atoms with Gasteiger partial charge in [0, 0.05) is 22.5 Å². The summed E-state index contributed by atoms with van der Waals surface area (Å²) in [7, 11) is 1.92. The number of imidazole rings is 1. The Labute approximate surface area is 135 Å². The van der Waals surface area contributed by atoms with E-state index in [1.54, 1.807) is 18.6 Å². The van der Waals surface area contributed by atoms with E-state index in [1.807, 2.05) is 35.9 Å². The second kappa shape index (κ2) is 5.34. The van der Waals surface area contributed by atoms with Gasteiger partial charge in [0.25, 0.3) is 0 Å². The first kappa shape index (κ1) is 14.2. The molecule has 4 aromatic rings. The third-order valence-corrected chi connectivity index (χ3v) is 3.95. The molecule has 0 radical (unpaired) electrons. The summed E-state index contributed by atoms with van der Waals surface area (Å²) in [6, 6.07) is 9.52. The van der Waals surface area contributed by atoms with Crippen molar-refractivity contribution in [1.82, 2.24) is 19.5 Å². The molecule has 0 atom stereocenters. The van der Waals surface area contributed by atoms with Gasteiger partial charge in [-0.1, -0.05) is 12.1 Å². The summed E-state index contributed by atoms with van der Waals surface area (Å²) in [5.74, 6) is 0.209. The molecule has 4 rings (SSSR count). The van der Waals surface area contributed by atoms with Crippen molar-refractivity contribution in [3.05, 3.63) is 42.9 Å². The van der Waals surface area contributed by atoms with Crippen LogP contribution in [0, 0.1) is 0 Å². The van der Waals surface area contributed by atoms with Gasteiger partial charge in [0.05, 0.1) is 34.8 Å². The summed E-state index contributed by atoms with van der Waals surface area (Å²) < 4.78 is 13.8. The zero-order chi connectivity index (χ0) is 16.7. The Hall–Kier alpha value is -3.42. The van der Waals surface area contributed by atoms with Gasteiger partial charge < -0.3 is 9.55 Å². The Morgan fingerprint density at radius 3 is 3.04 bits per heavy atom. The lowest BCUT2D eigenvalue weighted by Crippen LogP contribution is -2.10. The summed E-state index contributed by atoms with van der Waals surface area (Å²) in [5, 5.41) is 3.05. The molecule has 7 nitrogen and oxygen atoms in total. The van der Waals surface area contributed by atoms with Crippen LogP contribution in [0.1, 0.15) is 0 Å². The van der Waals surface area contributed by atoms with Crippen molar-refractivity contribution >= 4 is 33.8 Å². The molecule has 0 aliphatic rings. The van der Waals surface area contributed by atoms with Crippen LogP contribution in [-0.4, -0.2) is 25.6 Å². The standard InChI is InChI=1S/C16H12FN5O2/c1-22-12(10-3-2-4-11-15(10)20-8-19-11)5-9-6-14(18-7-13(9)22)21-16(23)24-17/h2-8H,1H3,(H,19,20)(H,18,21,23). The number of pyridine rings is 1. The third-order valence-electron chi connectivity index (χ3n) is 3.95. The molecule has 0 unspecified atom stereocenters. The average molecular weight is 325 g/mol. The largest absolute Gasteiger partial charge is 0.450 e. The summed E-state index contributed by atoms with van der Waals surface area (Å²) in [6.45, 7) is 0. The van der Waals surface area contributed by atoms with Crippen LogP contribution in [0.2, 0.25) is 0 Å². The van der Waals surface area contributed by atoms with Crippen LogP contribution in [-0.2, 0) is 12.0 Å². The smallest absolute Gasteiger partial charge is 0.345 e. The Morgan fingerprint density at radius 1 is 1.33 bits per heavy atom. The van der Waals surface area contributed by atoms with E-state index < -0.39 is 6.09 Å². The topological polar surface area (TPSA) is 84.8 Å². The number of H-pyrrole nitrogens is 1. The maximum atomic E-state index is 11.8. The maximum Gasteiger partial charge on any atom is 0.450 e. The molecule has 3 aromatic heterocycles. The van der Waals surface area contributed by atoms with Crippen molar-refractivity contribution in [3.8, 4) is 11.3 Å². The number of amides is 1. The van der Waals surface area contributed by atoms with E-state index in [4.69, 9.17) is 0 Å². The number of aromatic amines is 1. The maximum absolute atomic E-state index is 11.8. The normalized spacial score (nSPS) is 11.1. The summed E-state index contributed by atoms with van der Waals surface area (Å²) in [6.07, 6.45) is 2.06. The summed E-state index contributed by atoms with van der Waals surface area (Å²) >= 11 is 0. The average Bonchev–Trinajstić information content (AvgIpc) is 3.19. The molecular formula is C16H12FN5O2. The number of para-hydroxylation sites is 1. The number of fused-ring (bicyclic) bond motifs is 2. The molecule has 8 heteroatoms. The highest BCUT2D eigenvalue weighted by molar-refractivity contribution is 5.96. The van der Waals surface area contributed by atoms with E-state index in [0.29, 0.717) is 0 Å². The fraction of sp³-hybridized carbons (Fsp3) is 0.0625. The van der Waals surface area contributed by atoms with Gasteiger partial charge in [-0.15, -0.1) is 0 Å². The van der Waals surface area contributed by atoms with Gasteiger partial charge in [-0.05, 0) is 18.2 Å². The molecule has 3 heterocycles. The van der Waals surface area contributed by atoms with Crippen molar-refractivity contribution in [2.24, 2.45) is 7.05 Å². The van der Waals surface area contributed by atoms with Gasteiger partial charge in [-0.25, -0.2) is 19.7 Å². The Morgan fingerprint density at radius 2 is 2.21 bits per heavy atom. The number of benzene rings is 1. The highest BCUT2D eigenvalue weighted by Gasteiger charge is 2.13. The molecule has 0 bridgehead atoms. The molecule has 1 amide bonds. The van der Waals surface area contributed by atoms with E-state index in [9.17, 15) is 9.32 Å². The third kappa shape index (κ3) is 2.16. The fourth-order valence-corrected chi connectivity index (χ4v) is 2.86. The van der Waals surface area contributed by atoms with Crippen LogP contribution in [0.5, 0.6) is 0 Å². The van der Waals surface area contributed by atoms with Gasteiger partial charge in [0.1, 0.15) is 5.82 Å². The van der Waals surface area contributed by atoms with Crippen LogP contribution < -0.4 is 5.32 Å². The van der Waals surface area contributed by atoms with Crippen molar-refractivity contribution in [2.45, 2.75) is 0 Å². The number of halogens is 1. The number of anilines is 1. The number of carbonyl (C=O) groups is 1. The van der Waals surface area contributed by atoms with E-state index in [-0.39, 0.29) is 5.82 Å². The first-order valence-electron chi connectivity index (χ1n) is 7.15. The molecular weight excluding hydrogens is 313 g/mol. The zero-order valence-corrected chi connectivity index (χ0v) is 12.6. The molecule has 0 saturated carbocycles. The minimum absolute atomic E-state index is 0.209. The van der Waals surface area contributed by atoms with E-state index >= 15 is 0 Å². The highest BCUT2D eigenvalue weighted by atomic mass is 19.3. The summed E-state index contributed by atoms with van der Waals surface area (Å²) in [4.78, 5) is 25.6. The van der Waals surface area contributed by atoms with Crippen LogP contribution in [0.3, 0.4) is 0 Å². The minimum Gasteiger partial charge on any atom is -0.345 e. The second-order valence-electron chi connectivity index (χ2n) is 5.31. The molecule has 0 fully saturated rings. The Balaban J connectivity index is 1.86. The van der Waals surface area contributed by atoms with Gasteiger partial charge >= 0.3 is 6.09 Å². The number of nitrogens with zero attached hydrogens (tertiary/aromatic N) is 3. The predicted molar refractivity (Wildman–Crippen MR) is 87.0 cm³/mol. The molecule has 24 heavy (non-hydrogen) atoms. The second-order valence-corrected chi connectivity index (χ2v) is 5.31. The number of nitrogens with one attached hydrogen (secondary N) is 2. The molecule has 120 valence electrons. The van der Waals surface area contributed by atoms with E-state index in [0.717, 1.165) is 33.2 Å². The number of aromatic nitrogens is 4. The first-order valence-corrected chi connectivity index (χ1v) is 7.15. The van der Waals surface area contributed by atoms with Gasteiger partial charge in [0.2, 0.25) is 0 Å². The van der Waals surface area contributed by atoms with Gasteiger partial charge in [0.15, 0.2) is 0 Å². The number of hydrogen-bond acceptors (Lipinski definition) is 4. The van der Waals surface area contributed by atoms with Crippen LogP contribution >= 0.6 is 0 Å². The van der Waals surface area contributed by atoms with Crippen LogP contribution in [0.15, 0.2) is 42.9 Å². The zero-order valence-electron chi connectivity index (χ0n) is 12.6. The fourth-order valence-electron chi connectivity index (χ4n) is 2.86. The van der Waals surface area contributed by atoms with Crippen LogP contribution in [0.4, 0.5) is 15.1 Å². The lowest BCUT2D eigenvalue weighted by atomic mass is 10.1. The predicted octanol–water partition coefficient (Wildman–Crippen LogP) is 3.55. The first-order chi connectivity index (χ1) is 11.7. The van der Waals surface area contributed by atoms with E-state index in [1.165, 1.54) is 0 Å². The van der Waals surface area contributed by atoms with Gasteiger partial charge in [-0.2, -0.15) is 0 Å². The minimum atomic E-state index is -1.21. The number of rotatable bonds is 2. The quantitative estimate of drug-likeness (QED) is 0.590. The SMILES string of the molecule is Cn1c(-c2cccc3[nH]cnc23)cc2cc(NC(=O)OF)ncc21. The molecule has 2 N–H and O–H groups in total. The van der Waals surface area contributed by atoms with Crippen molar-refractivity contribution in [1.29, 1.82) is 0 Å². The number of hydrogen-bond donors (Lipinski definition) is 2. The van der Waals surface area contributed by atoms with Crippen LogP contribution in [0.25, 0.3) is 33.2 Å².